The van der Waals surface area contributed by atoms with Crippen molar-refractivity contribution in [2.24, 2.45) is 0 Å². The molecule has 1 amide bonds. The molecule has 0 aliphatic carbocycles. The van der Waals surface area contributed by atoms with Crippen molar-refractivity contribution in [2.45, 2.75) is 13.0 Å². The van der Waals surface area contributed by atoms with Crippen LogP contribution in [0.4, 0.5) is 11.5 Å². The Bertz CT molecular complexity index is 896. The van der Waals surface area contributed by atoms with Gasteiger partial charge in [0, 0.05) is 11.8 Å². The minimum Gasteiger partial charge on any atom is -0.495 e. The van der Waals surface area contributed by atoms with Crippen LogP contribution >= 0.6 is 11.6 Å². The second-order valence-electron chi connectivity index (χ2n) is 5.65. The fraction of sp³-hybridized carbons (Fsp3) is 0.158. The molecule has 0 spiro atoms. The van der Waals surface area contributed by atoms with E-state index < -0.39 is 6.04 Å². The molecule has 0 radical (unpaired) electrons. The number of amides is 1. The smallest absolute Gasteiger partial charge is 0.252 e. The third-order valence-corrected chi connectivity index (χ3v) is 4.03. The highest BCUT2D eigenvalue weighted by molar-refractivity contribution is 6.32. The van der Waals surface area contributed by atoms with Gasteiger partial charge in [0.2, 0.25) is 0 Å². The van der Waals surface area contributed by atoms with Crippen LogP contribution in [0.3, 0.4) is 0 Å². The Morgan fingerprint density at radius 1 is 1.19 bits per heavy atom. The van der Waals surface area contributed by atoms with Gasteiger partial charge in [0.1, 0.15) is 17.6 Å². The lowest BCUT2D eigenvalue weighted by Crippen LogP contribution is -2.27. The maximum Gasteiger partial charge on any atom is 0.252 e. The Morgan fingerprint density at radius 2 is 1.96 bits per heavy atom. The van der Waals surface area contributed by atoms with Gasteiger partial charge < -0.3 is 19.9 Å². The molecule has 1 heterocycles. The average Bonchev–Trinajstić information content (AvgIpc) is 3.05. The number of nitrogens with zero attached hydrogens (tertiary/aromatic N) is 1. The molecule has 134 valence electrons. The Morgan fingerprint density at radius 3 is 2.58 bits per heavy atom. The normalized spacial score (nSPS) is 11.7. The Kier molecular flexibility index (Phi) is 5.43. The van der Waals surface area contributed by atoms with Gasteiger partial charge in [0.25, 0.3) is 5.91 Å². The molecule has 1 aromatic heterocycles. The zero-order chi connectivity index (χ0) is 18.5. The van der Waals surface area contributed by atoms with Gasteiger partial charge in [-0.3, -0.25) is 4.79 Å². The number of carbonyl (C=O) groups excluding carboxylic acids is 1. The molecule has 0 saturated heterocycles. The fourth-order valence-corrected chi connectivity index (χ4v) is 2.75. The standard InChI is InChI=1S/C19H18ClN3O3/c1-12-10-17(23-26-12)22-19(24)18(13-6-4-3-5-7-13)21-14-8-9-16(25-2)15(20)11-14/h3-11,18,21H,1-2H3,(H,22,23,24). The highest BCUT2D eigenvalue weighted by Gasteiger charge is 2.22. The van der Waals surface area contributed by atoms with Crippen molar-refractivity contribution in [1.82, 2.24) is 5.16 Å². The predicted molar refractivity (Wildman–Crippen MR) is 101 cm³/mol. The first-order valence-electron chi connectivity index (χ1n) is 7.96. The van der Waals surface area contributed by atoms with E-state index in [0.29, 0.717) is 28.0 Å². The molecule has 3 rings (SSSR count). The minimum atomic E-state index is -0.641. The maximum absolute atomic E-state index is 12.8. The number of halogens is 1. The van der Waals surface area contributed by atoms with Crippen molar-refractivity contribution in [3.8, 4) is 5.75 Å². The zero-order valence-electron chi connectivity index (χ0n) is 14.3. The monoisotopic (exact) mass is 371 g/mol. The van der Waals surface area contributed by atoms with Crippen molar-refractivity contribution in [3.63, 3.8) is 0 Å². The molecule has 0 fully saturated rings. The molecule has 1 atom stereocenters. The number of ether oxygens (including phenoxy) is 1. The van der Waals surface area contributed by atoms with E-state index in [-0.39, 0.29) is 5.91 Å². The van der Waals surface area contributed by atoms with Gasteiger partial charge in [-0.2, -0.15) is 0 Å². The van der Waals surface area contributed by atoms with Gasteiger partial charge >= 0.3 is 0 Å². The quantitative estimate of drug-likeness (QED) is 0.670. The van der Waals surface area contributed by atoms with Crippen LogP contribution in [0.5, 0.6) is 5.75 Å². The maximum atomic E-state index is 12.8. The van der Waals surface area contributed by atoms with E-state index in [1.54, 1.807) is 38.3 Å². The summed E-state index contributed by atoms with van der Waals surface area (Å²) in [6, 6.07) is 15.7. The van der Waals surface area contributed by atoms with Gasteiger partial charge in [-0.05, 0) is 30.7 Å². The first-order valence-corrected chi connectivity index (χ1v) is 8.34. The van der Waals surface area contributed by atoms with Gasteiger partial charge in [0.05, 0.1) is 12.1 Å². The summed E-state index contributed by atoms with van der Waals surface area (Å²) in [4.78, 5) is 12.8. The van der Waals surface area contributed by atoms with E-state index in [4.69, 9.17) is 20.9 Å². The lowest BCUT2D eigenvalue weighted by molar-refractivity contribution is -0.117. The number of hydrogen-bond acceptors (Lipinski definition) is 5. The number of nitrogens with one attached hydrogen (secondary N) is 2. The molecule has 0 aliphatic heterocycles. The highest BCUT2D eigenvalue weighted by atomic mass is 35.5. The Labute approximate surface area is 156 Å². The lowest BCUT2D eigenvalue weighted by atomic mass is 10.1. The van der Waals surface area contributed by atoms with Crippen LogP contribution in [0.15, 0.2) is 59.1 Å². The van der Waals surface area contributed by atoms with E-state index in [9.17, 15) is 4.79 Å². The second kappa shape index (κ2) is 7.93. The molecule has 0 saturated carbocycles. The summed E-state index contributed by atoms with van der Waals surface area (Å²) < 4.78 is 10.2. The van der Waals surface area contributed by atoms with Crippen LogP contribution in [0, 0.1) is 6.92 Å². The van der Waals surface area contributed by atoms with Crippen molar-refractivity contribution in [3.05, 3.63) is 70.9 Å². The van der Waals surface area contributed by atoms with Crippen LogP contribution in [0.1, 0.15) is 17.4 Å². The Balaban J connectivity index is 1.86. The molecule has 0 aliphatic rings. The Hall–Kier alpha value is -2.99. The van der Waals surface area contributed by atoms with Gasteiger partial charge in [-0.15, -0.1) is 0 Å². The van der Waals surface area contributed by atoms with Gasteiger partial charge in [-0.1, -0.05) is 47.1 Å². The van der Waals surface area contributed by atoms with E-state index in [0.717, 1.165) is 5.56 Å². The summed E-state index contributed by atoms with van der Waals surface area (Å²) >= 11 is 6.18. The van der Waals surface area contributed by atoms with Crippen molar-refractivity contribution < 1.29 is 14.1 Å². The summed E-state index contributed by atoms with van der Waals surface area (Å²) in [6.45, 7) is 1.76. The number of anilines is 2. The number of aryl methyl sites for hydroxylation is 1. The summed E-state index contributed by atoms with van der Waals surface area (Å²) in [7, 11) is 1.55. The molecular formula is C19H18ClN3O3. The molecule has 7 heteroatoms. The number of hydrogen-bond donors (Lipinski definition) is 2. The third kappa shape index (κ3) is 4.15. The van der Waals surface area contributed by atoms with Crippen LogP contribution in [0.25, 0.3) is 0 Å². The zero-order valence-corrected chi connectivity index (χ0v) is 15.1. The molecule has 0 bridgehead atoms. The number of carbonyl (C=O) groups is 1. The average molecular weight is 372 g/mol. The summed E-state index contributed by atoms with van der Waals surface area (Å²) in [5.41, 5.74) is 1.49. The molecule has 3 aromatic rings. The summed E-state index contributed by atoms with van der Waals surface area (Å²) in [5, 5.41) is 10.2. The second-order valence-corrected chi connectivity index (χ2v) is 6.06. The van der Waals surface area contributed by atoms with Crippen molar-refractivity contribution >= 4 is 29.0 Å². The summed E-state index contributed by atoms with van der Waals surface area (Å²) in [5.74, 6) is 1.28. The van der Waals surface area contributed by atoms with Crippen LogP contribution in [-0.4, -0.2) is 18.2 Å². The molecule has 26 heavy (non-hydrogen) atoms. The number of benzene rings is 2. The molecule has 2 N–H and O–H groups in total. The topological polar surface area (TPSA) is 76.4 Å². The van der Waals surface area contributed by atoms with Crippen molar-refractivity contribution in [1.29, 1.82) is 0 Å². The molecule has 1 unspecified atom stereocenters. The first kappa shape index (κ1) is 17.8. The molecule has 2 aromatic carbocycles. The summed E-state index contributed by atoms with van der Waals surface area (Å²) in [6.07, 6.45) is 0. The van der Waals surface area contributed by atoms with E-state index in [1.165, 1.54) is 0 Å². The lowest BCUT2D eigenvalue weighted by Gasteiger charge is -2.20. The first-order chi connectivity index (χ1) is 12.6. The number of aromatic nitrogens is 1. The number of rotatable bonds is 6. The van der Waals surface area contributed by atoms with E-state index >= 15 is 0 Å². The molecule has 6 nitrogen and oxygen atoms in total. The predicted octanol–water partition coefficient (Wildman–Crippen LogP) is 4.44. The van der Waals surface area contributed by atoms with E-state index in [2.05, 4.69) is 15.8 Å². The van der Waals surface area contributed by atoms with Gasteiger partial charge in [0.15, 0.2) is 5.82 Å². The fourth-order valence-electron chi connectivity index (χ4n) is 2.49. The van der Waals surface area contributed by atoms with Crippen LogP contribution < -0.4 is 15.4 Å². The van der Waals surface area contributed by atoms with Crippen molar-refractivity contribution in [2.75, 3.05) is 17.7 Å². The van der Waals surface area contributed by atoms with Crippen LogP contribution in [-0.2, 0) is 4.79 Å². The van der Waals surface area contributed by atoms with E-state index in [1.807, 2.05) is 30.3 Å². The SMILES string of the molecule is COc1ccc(NC(C(=O)Nc2cc(C)on2)c2ccccc2)cc1Cl. The molecular weight excluding hydrogens is 354 g/mol. The minimum absolute atomic E-state index is 0.267. The largest absolute Gasteiger partial charge is 0.495 e. The highest BCUT2D eigenvalue weighted by Crippen LogP contribution is 2.29. The number of methoxy groups -OCH3 is 1. The van der Waals surface area contributed by atoms with Crippen LogP contribution in [0.2, 0.25) is 5.02 Å². The third-order valence-electron chi connectivity index (χ3n) is 3.74. The van der Waals surface area contributed by atoms with Gasteiger partial charge in [-0.25, -0.2) is 0 Å².